The fourth-order valence-corrected chi connectivity index (χ4v) is 1.92. The SMILES string of the molecule is NNc1ccccc1C(=O)NC1CCCOC1. The first-order valence-electron chi connectivity index (χ1n) is 5.75. The van der Waals surface area contributed by atoms with Crippen LogP contribution < -0.4 is 16.6 Å². The summed E-state index contributed by atoms with van der Waals surface area (Å²) in [5.74, 6) is 5.25. The highest BCUT2D eigenvalue weighted by molar-refractivity contribution is 5.99. The third kappa shape index (κ3) is 2.95. The van der Waals surface area contributed by atoms with Crippen molar-refractivity contribution < 1.29 is 9.53 Å². The van der Waals surface area contributed by atoms with Gasteiger partial charge >= 0.3 is 0 Å². The Balaban J connectivity index is 2.03. The second-order valence-electron chi connectivity index (χ2n) is 4.08. The molecule has 1 aromatic carbocycles. The van der Waals surface area contributed by atoms with Crippen LogP contribution >= 0.6 is 0 Å². The van der Waals surface area contributed by atoms with Gasteiger partial charge in [0.2, 0.25) is 0 Å². The number of nitrogens with one attached hydrogen (secondary N) is 2. The van der Waals surface area contributed by atoms with Crippen LogP contribution in [0.2, 0.25) is 0 Å². The lowest BCUT2D eigenvalue weighted by atomic mass is 10.1. The van der Waals surface area contributed by atoms with E-state index >= 15 is 0 Å². The van der Waals surface area contributed by atoms with E-state index in [1.54, 1.807) is 12.1 Å². The average molecular weight is 235 g/mol. The quantitative estimate of drug-likeness (QED) is 0.537. The first-order valence-corrected chi connectivity index (χ1v) is 5.75. The number of benzene rings is 1. The first-order chi connectivity index (χ1) is 8.31. The highest BCUT2D eigenvalue weighted by Crippen LogP contribution is 2.14. The van der Waals surface area contributed by atoms with E-state index in [-0.39, 0.29) is 11.9 Å². The first kappa shape index (κ1) is 11.9. The Bertz CT molecular complexity index is 389. The van der Waals surface area contributed by atoms with Crippen molar-refractivity contribution in [1.82, 2.24) is 5.32 Å². The van der Waals surface area contributed by atoms with Crippen LogP contribution in [-0.4, -0.2) is 25.2 Å². The van der Waals surface area contributed by atoms with Gasteiger partial charge in [-0.25, -0.2) is 0 Å². The lowest BCUT2D eigenvalue weighted by Crippen LogP contribution is -2.40. The maximum absolute atomic E-state index is 12.0. The van der Waals surface area contributed by atoms with Crippen LogP contribution in [-0.2, 0) is 4.74 Å². The van der Waals surface area contributed by atoms with E-state index in [1.807, 2.05) is 12.1 Å². The second kappa shape index (κ2) is 5.65. The predicted molar refractivity (Wildman–Crippen MR) is 65.6 cm³/mol. The zero-order valence-electron chi connectivity index (χ0n) is 9.61. The van der Waals surface area contributed by atoms with Gasteiger partial charge in [0, 0.05) is 6.61 Å². The Kier molecular flexibility index (Phi) is 3.95. The molecule has 0 spiro atoms. The van der Waals surface area contributed by atoms with E-state index in [1.165, 1.54) is 0 Å². The third-order valence-electron chi connectivity index (χ3n) is 2.82. The van der Waals surface area contributed by atoms with Crippen LogP contribution in [0.3, 0.4) is 0 Å². The molecule has 1 aromatic rings. The van der Waals surface area contributed by atoms with Gasteiger partial charge in [-0.2, -0.15) is 0 Å². The number of hydrazine groups is 1. The van der Waals surface area contributed by atoms with Crippen LogP contribution in [0.5, 0.6) is 0 Å². The standard InChI is InChI=1S/C12H17N3O2/c13-15-11-6-2-1-5-10(11)12(16)14-9-4-3-7-17-8-9/h1-2,5-6,9,15H,3-4,7-8,13H2,(H,14,16). The number of rotatable bonds is 3. The molecule has 17 heavy (non-hydrogen) atoms. The van der Waals surface area contributed by atoms with Crippen LogP contribution in [0.4, 0.5) is 5.69 Å². The Hall–Kier alpha value is -1.59. The summed E-state index contributed by atoms with van der Waals surface area (Å²) in [7, 11) is 0. The smallest absolute Gasteiger partial charge is 0.253 e. The summed E-state index contributed by atoms with van der Waals surface area (Å²) in [6, 6.07) is 7.26. The molecular weight excluding hydrogens is 218 g/mol. The number of hydrogen-bond acceptors (Lipinski definition) is 4. The lowest BCUT2D eigenvalue weighted by Gasteiger charge is -2.23. The zero-order valence-corrected chi connectivity index (χ0v) is 9.61. The summed E-state index contributed by atoms with van der Waals surface area (Å²) in [5.41, 5.74) is 3.70. The van der Waals surface area contributed by atoms with Gasteiger partial charge in [-0.1, -0.05) is 12.1 Å². The second-order valence-corrected chi connectivity index (χ2v) is 4.08. The minimum absolute atomic E-state index is 0.0991. The number of carbonyl (C=O) groups is 1. The van der Waals surface area contributed by atoms with E-state index in [0.717, 1.165) is 19.4 Å². The molecule has 1 amide bonds. The van der Waals surface area contributed by atoms with Gasteiger partial charge in [-0.05, 0) is 25.0 Å². The number of hydrogen-bond donors (Lipinski definition) is 3. The molecule has 1 atom stereocenters. The Labute approximate surface area is 100 Å². The number of nitrogens with two attached hydrogens (primary N) is 1. The molecule has 1 fully saturated rings. The predicted octanol–water partition coefficient (Wildman–Crippen LogP) is 0.881. The number of ether oxygens (including phenoxy) is 1. The van der Waals surface area contributed by atoms with Gasteiger partial charge < -0.3 is 15.5 Å². The number of para-hydroxylation sites is 1. The lowest BCUT2D eigenvalue weighted by molar-refractivity contribution is 0.0624. The van der Waals surface area contributed by atoms with Gasteiger partial charge in [-0.3, -0.25) is 10.6 Å². The van der Waals surface area contributed by atoms with Crippen molar-refractivity contribution in [3.63, 3.8) is 0 Å². The van der Waals surface area contributed by atoms with E-state index < -0.39 is 0 Å². The van der Waals surface area contributed by atoms with E-state index in [4.69, 9.17) is 10.6 Å². The van der Waals surface area contributed by atoms with Crippen molar-refractivity contribution in [2.45, 2.75) is 18.9 Å². The molecule has 0 saturated carbocycles. The maximum atomic E-state index is 12.0. The molecule has 0 radical (unpaired) electrons. The van der Waals surface area contributed by atoms with Gasteiger partial charge in [-0.15, -0.1) is 0 Å². The fourth-order valence-electron chi connectivity index (χ4n) is 1.92. The summed E-state index contributed by atoms with van der Waals surface area (Å²) in [6.45, 7) is 1.37. The molecule has 1 aliphatic rings. The number of nitrogen functional groups attached to an aromatic ring is 1. The van der Waals surface area contributed by atoms with E-state index in [2.05, 4.69) is 10.7 Å². The summed E-state index contributed by atoms with van der Waals surface area (Å²) in [6.07, 6.45) is 1.95. The zero-order chi connectivity index (χ0) is 12.1. The minimum atomic E-state index is -0.117. The van der Waals surface area contributed by atoms with Gasteiger partial charge in [0.05, 0.1) is 23.9 Å². The molecule has 2 rings (SSSR count). The minimum Gasteiger partial charge on any atom is -0.379 e. The molecule has 1 saturated heterocycles. The maximum Gasteiger partial charge on any atom is 0.253 e. The van der Waals surface area contributed by atoms with Crippen molar-refractivity contribution in [2.24, 2.45) is 5.84 Å². The molecule has 0 bridgehead atoms. The summed E-state index contributed by atoms with van der Waals surface area (Å²) >= 11 is 0. The monoisotopic (exact) mass is 235 g/mol. The van der Waals surface area contributed by atoms with Gasteiger partial charge in [0.25, 0.3) is 5.91 Å². The number of amides is 1. The van der Waals surface area contributed by atoms with Crippen LogP contribution in [0.15, 0.2) is 24.3 Å². The molecular formula is C12H17N3O2. The Morgan fingerprint density at radius 1 is 1.41 bits per heavy atom. The highest BCUT2D eigenvalue weighted by Gasteiger charge is 2.18. The van der Waals surface area contributed by atoms with Crippen molar-refractivity contribution in [2.75, 3.05) is 18.6 Å². The third-order valence-corrected chi connectivity index (χ3v) is 2.82. The molecule has 0 aliphatic carbocycles. The number of anilines is 1. The molecule has 1 aliphatic heterocycles. The number of carbonyl (C=O) groups excluding carboxylic acids is 1. The van der Waals surface area contributed by atoms with Gasteiger partial charge in [0.15, 0.2) is 0 Å². The fraction of sp³-hybridized carbons (Fsp3) is 0.417. The molecule has 92 valence electrons. The van der Waals surface area contributed by atoms with Crippen molar-refractivity contribution >= 4 is 11.6 Å². The molecule has 0 aromatic heterocycles. The largest absolute Gasteiger partial charge is 0.379 e. The highest BCUT2D eigenvalue weighted by atomic mass is 16.5. The Morgan fingerprint density at radius 3 is 2.94 bits per heavy atom. The normalized spacial score (nSPS) is 19.7. The molecule has 5 heteroatoms. The molecule has 1 heterocycles. The topological polar surface area (TPSA) is 76.4 Å². The van der Waals surface area contributed by atoms with Crippen molar-refractivity contribution in [1.29, 1.82) is 0 Å². The van der Waals surface area contributed by atoms with Gasteiger partial charge in [0.1, 0.15) is 0 Å². The Morgan fingerprint density at radius 2 is 2.24 bits per heavy atom. The summed E-state index contributed by atoms with van der Waals surface area (Å²) in [5, 5.41) is 2.95. The average Bonchev–Trinajstić information content (AvgIpc) is 2.40. The molecule has 1 unspecified atom stereocenters. The molecule has 4 N–H and O–H groups in total. The van der Waals surface area contributed by atoms with Crippen LogP contribution in [0.25, 0.3) is 0 Å². The molecule has 5 nitrogen and oxygen atoms in total. The van der Waals surface area contributed by atoms with Crippen LogP contribution in [0, 0.1) is 0 Å². The van der Waals surface area contributed by atoms with Crippen molar-refractivity contribution in [3.05, 3.63) is 29.8 Å². The van der Waals surface area contributed by atoms with E-state index in [0.29, 0.717) is 17.9 Å². The summed E-state index contributed by atoms with van der Waals surface area (Å²) < 4.78 is 5.32. The summed E-state index contributed by atoms with van der Waals surface area (Å²) in [4.78, 5) is 12.0. The van der Waals surface area contributed by atoms with Crippen LogP contribution in [0.1, 0.15) is 23.2 Å². The van der Waals surface area contributed by atoms with Crippen molar-refractivity contribution in [3.8, 4) is 0 Å². The van der Waals surface area contributed by atoms with E-state index in [9.17, 15) is 4.79 Å².